The molecule has 6 aromatic rings. The summed E-state index contributed by atoms with van der Waals surface area (Å²) in [5.74, 6) is -15.9. The van der Waals surface area contributed by atoms with Crippen LogP contribution in [-0.4, -0.2) is 47.2 Å². The average molecular weight is 725 g/mol. The normalized spacial score (nSPS) is 25.8. The van der Waals surface area contributed by atoms with E-state index < -0.39 is 38.4 Å². The molecule has 252 valence electrons. The van der Waals surface area contributed by atoms with Crippen LogP contribution in [0, 0.1) is 0 Å². The van der Waals surface area contributed by atoms with E-state index in [0.717, 1.165) is 21.5 Å². The molecule has 2 atom stereocenters. The number of nitrogens with zero attached hydrogens (tertiary/aromatic N) is 4. The summed E-state index contributed by atoms with van der Waals surface area (Å²) in [5, 5.41) is 3.29. The molecule has 4 aliphatic rings. The van der Waals surface area contributed by atoms with Crippen molar-refractivity contribution in [2.24, 2.45) is 0 Å². The average Bonchev–Trinajstić information content (AvgIpc) is 3.71. The van der Waals surface area contributed by atoms with Crippen LogP contribution in [0.15, 0.2) is 120 Å². The molecule has 2 aliphatic heterocycles. The van der Waals surface area contributed by atoms with Crippen LogP contribution in [0.5, 0.6) is 0 Å². The van der Waals surface area contributed by atoms with E-state index in [4.69, 9.17) is 9.97 Å². The van der Waals surface area contributed by atoms with Gasteiger partial charge >= 0.3 is 17.8 Å². The second-order valence-electron chi connectivity index (χ2n) is 13.4. The summed E-state index contributed by atoms with van der Waals surface area (Å²) in [6.45, 7) is 3.33. The molecule has 0 amide bonds. The predicted molar refractivity (Wildman–Crippen MR) is 191 cm³/mol. The number of halogens is 6. The number of fused-ring (bicyclic) bond motifs is 10. The van der Waals surface area contributed by atoms with Crippen molar-refractivity contribution < 1.29 is 26.3 Å². The minimum absolute atomic E-state index is 0.257. The first-order valence-electron chi connectivity index (χ1n) is 16.0. The van der Waals surface area contributed by atoms with Gasteiger partial charge < -0.3 is 0 Å². The van der Waals surface area contributed by atoms with Crippen molar-refractivity contribution in [3.8, 4) is 0 Å². The van der Waals surface area contributed by atoms with E-state index in [2.05, 4.69) is 9.97 Å². The molecule has 4 nitrogen and oxygen atoms in total. The Morgan fingerprint density at radius 1 is 0.490 bits per heavy atom. The second kappa shape index (κ2) is 9.80. The molecule has 12 heteroatoms. The number of thioether (sulfide) groups is 2. The van der Waals surface area contributed by atoms with E-state index in [-0.39, 0.29) is 11.1 Å². The molecule has 51 heavy (non-hydrogen) atoms. The maximum atomic E-state index is 16.0. The Bertz CT molecular complexity index is 2550. The number of hydrogen-bond acceptors (Lipinski definition) is 6. The van der Waals surface area contributed by atoms with Gasteiger partial charge in [0, 0.05) is 54.9 Å². The topological polar surface area (TPSA) is 51.6 Å². The van der Waals surface area contributed by atoms with Crippen molar-refractivity contribution in [2.45, 2.75) is 41.1 Å². The molecule has 10 rings (SSSR count). The van der Waals surface area contributed by atoms with Gasteiger partial charge in [0.05, 0.1) is 42.9 Å². The van der Waals surface area contributed by atoms with Crippen LogP contribution in [-0.2, 0) is 0 Å². The molecule has 0 spiro atoms. The highest BCUT2D eigenvalue weighted by Gasteiger charge is 2.84. The fourth-order valence-electron chi connectivity index (χ4n) is 7.88. The summed E-state index contributed by atoms with van der Waals surface area (Å²) in [6, 6.07) is 22.1. The third kappa shape index (κ3) is 3.76. The Labute approximate surface area is 294 Å². The Balaban J connectivity index is 1.19. The van der Waals surface area contributed by atoms with Crippen molar-refractivity contribution in [1.29, 1.82) is 0 Å². The summed E-state index contributed by atoms with van der Waals surface area (Å²) in [4.78, 5) is 19.5. The van der Waals surface area contributed by atoms with Gasteiger partial charge in [0.25, 0.3) is 0 Å². The van der Waals surface area contributed by atoms with Crippen molar-refractivity contribution in [3.05, 3.63) is 131 Å². The number of aromatic nitrogens is 4. The van der Waals surface area contributed by atoms with Crippen LogP contribution in [0.25, 0.3) is 53.4 Å². The number of allylic oxidation sites excluding steroid dienone is 4. The number of pyridine rings is 4. The predicted octanol–water partition coefficient (Wildman–Crippen LogP) is 10.8. The van der Waals surface area contributed by atoms with E-state index in [1.165, 1.54) is 35.7 Å². The van der Waals surface area contributed by atoms with Crippen molar-refractivity contribution >= 4 is 76.9 Å². The minimum Gasteiger partial charge on any atom is -0.254 e. The van der Waals surface area contributed by atoms with Gasteiger partial charge in [0.2, 0.25) is 0 Å². The zero-order chi connectivity index (χ0) is 35.3. The number of alkyl halides is 6. The van der Waals surface area contributed by atoms with Gasteiger partial charge in [0.15, 0.2) is 0 Å². The zero-order valence-corrected chi connectivity index (χ0v) is 28.2. The molecule has 0 saturated heterocycles. The van der Waals surface area contributed by atoms with Gasteiger partial charge in [-0.3, -0.25) is 9.97 Å². The Kier molecular flexibility index (Phi) is 5.97. The van der Waals surface area contributed by atoms with Gasteiger partial charge in [-0.2, -0.15) is 26.3 Å². The lowest BCUT2D eigenvalue weighted by molar-refractivity contribution is -0.258. The quantitative estimate of drug-likeness (QED) is 0.131. The molecule has 0 bridgehead atoms. The van der Waals surface area contributed by atoms with Crippen molar-refractivity contribution in [2.75, 3.05) is 0 Å². The lowest BCUT2D eigenvalue weighted by atomic mass is 9.71. The number of rotatable bonds is 2. The molecule has 1 saturated carbocycles. The Hall–Kier alpha value is -4.68. The molecular formula is C39H22F6N4S2. The van der Waals surface area contributed by atoms with Crippen LogP contribution in [0.4, 0.5) is 26.3 Å². The summed E-state index contributed by atoms with van der Waals surface area (Å²) in [7, 11) is 0. The third-order valence-electron chi connectivity index (χ3n) is 10.7. The summed E-state index contributed by atoms with van der Waals surface area (Å²) in [5.41, 5.74) is 0.0611. The molecule has 0 radical (unpaired) electrons. The maximum absolute atomic E-state index is 16.0. The van der Waals surface area contributed by atoms with Gasteiger partial charge in [-0.1, -0.05) is 48.5 Å². The Morgan fingerprint density at radius 2 is 0.863 bits per heavy atom. The van der Waals surface area contributed by atoms with Crippen LogP contribution in [0.1, 0.15) is 25.2 Å². The van der Waals surface area contributed by atoms with E-state index in [1.54, 1.807) is 50.5 Å². The highest BCUT2D eigenvalue weighted by atomic mass is 32.2. The molecule has 2 aliphatic carbocycles. The first kappa shape index (κ1) is 31.1. The van der Waals surface area contributed by atoms with E-state index in [0.29, 0.717) is 43.3 Å². The van der Waals surface area contributed by atoms with Crippen LogP contribution in [0.3, 0.4) is 0 Å². The van der Waals surface area contributed by atoms with E-state index >= 15 is 26.3 Å². The third-order valence-corrected chi connectivity index (χ3v) is 14.0. The first-order chi connectivity index (χ1) is 24.3. The number of benzene rings is 2. The van der Waals surface area contributed by atoms with Gasteiger partial charge in [-0.05, 0) is 61.4 Å². The SMILES string of the molecule is CC12SC(c3ccc4ccc5cccnc5c4n3)=CC1=C1C(=C3C=C(c4ccc5ccc6cccnc6c5n4)SC32C)C(F)(F)C(F)(F)C1(F)F. The molecule has 1 fully saturated rings. The summed E-state index contributed by atoms with van der Waals surface area (Å²) >= 11 is 2.34. The Morgan fingerprint density at radius 3 is 1.27 bits per heavy atom. The zero-order valence-electron chi connectivity index (χ0n) is 26.6. The monoisotopic (exact) mass is 724 g/mol. The highest BCUT2D eigenvalue weighted by molar-refractivity contribution is 8.14. The number of hydrogen-bond donors (Lipinski definition) is 0. The molecule has 2 aromatic carbocycles. The van der Waals surface area contributed by atoms with Crippen molar-refractivity contribution in [3.63, 3.8) is 0 Å². The fraction of sp³-hybridized carbons (Fsp3) is 0.179. The van der Waals surface area contributed by atoms with Crippen LogP contribution < -0.4 is 0 Å². The molecular weight excluding hydrogens is 703 g/mol. The molecule has 6 heterocycles. The maximum Gasteiger partial charge on any atom is 0.380 e. The first-order valence-corrected chi connectivity index (χ1v) is 17.6. The van der Waals surface area contributed by atoms with Gasteiger partial charge in [0.1, 0.15) is 0 Å². The summed E-state index contributed by atoms with van der Waals surface area (Å²) in [6.07, 6.45) is 5.99. The summed E-state index contributed by atoms with van der Waals surface area (Å²) < 4.78 is 91.9. The molecule has 2 unspecified atom stereocenters. The fourth-order valence-corrected chi connectivity index (χ4v) is 11.0. The standard InChI is InChI=1S/C39H22F6N4S2/c1-35-23(17-27(50-35)25-13-11-21-9-7-19-5-3-15-46-31(19)33(21)48-25)29-30(38(42,43)39(44,45)37(29,40)41)24-18-28(51-36(24,35)2)26-14-12-22-10-8-20-6-4-16-47-32(20)34(22)49-26/h3-18H,1-2H3. The largest absolute Gasteiger partial charge is 0.380 e. The second-order valence-corrected chi connectivity index (χ2v) is 16.3. The van der Waals surface area contributed by atoms with Crippen molar-refractivity contribution in [1.82, 2.24) is 19.9 Å². The van der Waals surface area contributed by atoms with Gasteiger partial charge in [-0.15, -0.1) is 23.5 Å². The van der Waals surface area contributed by atoms with Gasteiger partial charge in [-0.25, -0.2) is 9.97 Å². The lowest BCUT2D eigenvalue weighted by Gasteiger charge is -2.47. The van der Waals surface area contributed by atoms with E-state index in [9.17, 15) is 0 Å². The highest BCUT2D eigenvalue weighted by Crippen LogP contribution is 2.75. The van der Waals surface area contributed by atoms with E-state index in [1.807, 2.05) is 48.5 Å². The van der Waals surface area contributed by atoms with Crippen LogP contribution >= 0.6 is 23.5 Å². The lowest BCUT2D eigenvalue weighted by Crippen LogP contribution is -2.48. The molecule has 4 aromatic heterocycles. The minimum atomic E-state index is -5.66. The van der Waals surface area contributed by atoms with Crippen LogP contribution in [0.2, 0.25) is 0 Å². The molecule has 0 N–H and O–H groups in total. The smallest absolute Gasteiger partial charge is 0.254 e.